The Morgan fingerprint density at radius 2 is 1.85 bits per heavy atom. The van der Waals surface area contributed by atoms with Crippen molar-refractivity contribution in [1.29, 1.82) is 0 Å². The first-order valence-electron chi connectivity index (χ1n) is 8.05. The molecule has 0 unspecified atom stereocenters. The lowest BCUT2D eigenvalue weighted by Gasteiger charge is -2.12. The summed E-state index contributed by atoms with van der Waals surface area (Å²) in [4.78, 5) is 13.0. The molecule has 2 heterocycles. The quantitative estimate of drug-likeness (QED) is 0.372. The lowest BCUT2D eigenvalue weighted by atomic mass is 10.2. The number of nitrogens with one attached hydrogen (secondary N) is 2. The highest BCUT2D eigenvalue weighted by atomic mass is 35.5. The topological polar surface area (TPSA) is 103 Å². The van der Waals surface area contributed by atoms with E-state index in [4.69, 9.17) is 16.7 Å². The van der Waals surface area contributed by atoms with E-state index >= 15 is 0 Å². The number of aromatic hydroxyl groups is 1. The number of phenols is 1. The molecule has 0 aliphatic rings. The predicted molar refractivity (Wildman–Crippen MR) is 102 cm³/mol. The molecule has 7 nitrogen and oxygen atoms in total. The van der Waals surface area contributed by atoms with Crippen LogP contribution in [0, 0.1) is 0 Å². The summed E-state index contributed by atoms with van der Waals surface area (Å²) < 4.78 is 0. The largest absolute Gasteiger partial charge is 0.508 e. The van der Waals surface area contributed by atoms with Crippen molar-refractivity contribution >= 4 is 29.1 Å². The first-order valence-corrected chi connectivity index (χ1v) is 8.43. The first kappa shape index (κ1) is 17.9. The van der Waals surface area contributed by atoms with Crippen molar-refractivity contribution in [2.24, 2.45) is 0 Å². The van der Waals surface area contributed by atoms with Gasteiger partial charge in [-0.15, -0.1) is 0 Å². The lowest BCUT2D eigenvalue weighted by molar-refractivity contribution is 0.292. The Morgan fingerprint density at radius 3 is 2.58 bits per heavy atom. The van der Waals surface area contributed by atoms with Gasteiger partial charge in [0.1, 0.15) is 11.6 Å². The van der Waals surface area contributed by atoms with E-state index in [1.165, 1.54) is 6.07 Å². The van der Waals surface area contributed by atoms with Crippen molar-refractivity contribution in [2.45, 2.75) is 6.42 Å². The van der Waals surface area contributed by atoms with Crippen LogP contribution < -0.4 is 10.6 Å². The maximum atomic E-state index is 9.49. The summed E-state index contributed by atoms with van der Waals surface area (Å²) in [6.07, 6.45) is 3.98. The molecule has 0 saturated heterocycles. The zero-order valence-corrected chi connectivity index (χ0v) is 14.6. The number of phenolic OH excluding ortho intramolecular Hbond substituents is 1. The van der Waals surface area contributed by atoms with Gasteiger partial charge >= 0.3 is 0 Å². The monoisotopic (exact) mass is 371 g/mol. The Hall–Kier alpha value is -2.90. The molecule has 0 fully saturated rings. The minimum absolute atomic E-state index is 0.0886. The molecule has 0 aliphatic carbocycles. The van der Waals surface area contributed by atoms with Crippen LogP contribution in [0.25, 0.3) is 11.3 Å². The number of aliphatic hydroxyl groups excluding tert-OH is 1. The maximum Gasteiger partial charge on any atom is 0.225 e. The second kappa shape index (κ2) is 8.46. The summed E-state index contributed by atoms with van der Waals surface area (Å²) in [5.74, 6) is 1.07. The molecule has 8 heteroatoms. The number of aliphatic hydroxyl groups is 1. The highest BCUT2D eigenvalue weighted by Gasteiger charge is 2.09. The minimum Gasteiger partial charge on any atom is -0.508 e. The third-order valence-electron chi connectivity index (χ3n) is 3.54. The molecule has 3 rings (SSSR count). The summed E-state index contributed by atoms with van der Waals surface area (Å²) >= 11 is 6.16. The second-order valence-electron chi connectivity index (χ2n) is 5.49. The second-order valence-corrected chi connectivity index (χ2v) is 5.90. The predicted octanol–water partition coefficient (Wildman–Crippen LogP) is 3.44. The van der Waals surface area contributed by atoms with E-state index in [2.05, 4.69) is 25.6 Å². The van der Waals surface area contributed by atoms with Gasteiger partial charge in [0.25, 0.3) is 0 Å². The minimum atomic E-state index is 0.0886. The van der Waals surface area contributed by atoms with E-state index in [0.29, 0.717) is 41.1 Å². The Morgan fingerprint density at radius 1 is 1.04 bits per heavy atom. The standard InChI is InChI=1S/C18H18ClN5O2/c19-14-10-13(26)2-3-15(14)22-17-11-16(12-4-7-20-8-5-12)23-18(24-17)21-6-1-9-25/h2-5,7-8,10-11,25-26H,1,6,9H2,(H2,21,22,23,24). The fourth-order valence-corrected chi connectivity index (χ4v) is 2.51. The van der Waals surface area contributed by atoms with Crippen molar-refractivity contribution in [3.8, 4) is 17.0 Å². The summed E-state index contributed by atoms with van der Waals surface area (Å²) in [5.41, 5.74) is 2.23. The Balaban J connectivity index is 1.93. The van der Waals surface area contributed by atoms with Gasteiger partial charge in [-0.1, -0.05) is 11.6 Å². The number of pyridine rings is 1. The Labute approximate surface area is 155 Å². The van der Waals surface area contributed by atoms with Gasteiger partial charge in [0.15, 0.2) is 0 Å². The number of halogens is 1. The van der Waals surface area contributed by atoms with E-state index in [1.54, 1.807) is 30.6 Å². The first-order chi connectivity index (χ1) is 12.7. The number of anilines is 3. The summed E-state index contributed by atoms with van der Waals surface area (Å²) in [7, 11) is 0. The summed E-state index contributed by atoms with van der Waals surface area (Å²) in [6.45, 7) is 0.640. The van der Waals surface area contributed by atoms with Gasteiger partial charge in [-0.3, -0.25) is 4.98 Å². The third kappa shape index (κ3) is 4.59. The molecule has 0 radical (unpaired) electrons. The van der Waals surface area contributed by atoms with E-state index in [0.717, 1.165) is 5.56 Å². The van der Waals surface area contributed by atoms with Crippen LogP contribution >= 0.6 is 11.6 Å². The zero-order chi connectivity index (χ0) is 18.4. The van der Waals surface area contributed by atoms with E-state index < -0.39 is 0 Å². The van der Waals surface area contributed by atoms with Gasteiger partial charge in [0, 0.05) is 43.2 Å². The van der Waals surface area contributed by atoms with E-state index in [1.807, 2.05) is 12.1 Å². The van der Waals surface area contributed by atoms with Gasteiger partial charge < -0.3 is 20.8 Å². The van der Waals surface area contributed by atoms with Gasteiger partial charge in [-0.2, -0.15) is 4.98 Å². The molecule has 0 bridgehead atoms. The molecule has 3 aromatic rings. The van der Waals surface area contributed by atoms with E-state index in [-0.39, 0.29) is 12.4 Å². The van der Waals surface area contributed by atoms with Gasteiger partial charge in [0.2, 0.25) is 5.95 Å². The van der Waals surface area contributed by atoms with Crippen LogP contribution in [0.3, 0.4) is 0 Å². The van der Waals surface area contributed by atoms with Crippen LogP contribution in [-0.2, 0) is 0 Å². The van der Waals surface area contributed by atoms with Gasteiger partial charge in [-0.25, -0.2) is 4.98 Å². The number of aromatic nitrogens is 3. The summed E-state index contributed by atoms with van der Waals surface area (Å²) in [5, 5.41) is 25.0. The zero-order valence-electron chi connectivity index (χ0n) is 13.9. The molecular formula is C18H18ClN5O2. The van der Waals surface area contributed by atoms with Crippen LogP contribution in [-0.4, -0.2) is 38.3 Å². The number of rotatable bonds is 7. The molecule has 2 aromatic heterocycles. The average Bonchev–Trinajstić information content (AvgIpc) is 2.65. The maximum absolute atomic E-state index is 9.49. The van der Waals surface area contributed by atoms with Crippen molar-refractivity contribution < 1.29 is 10.2 Å². The van der Waals surface area contributed by atoms with Crippen molar-refractivity contribution in [3.05, 3.63) is 53.8 Å². The number of nitrogens with zero attached hydrogens (tertiary/aromatic N) is 3. The Bertz CT molecular complexity index is 877. The Kier molecular flexibility index (Phi) is 5.83. The number of hydrogen-bond donors (Lipinski definition) is 4. The average molecular weight is 372 g/mol. The van der Waals surface area contributed by atoms with Crippen LogP contribution in [0.5, 0.6) is 5.75 Å². The fraction of sp³-hybridized carbons (Fsp3) is 0.167. The molecule has 134 valence electrons. The van der Waals surface area contributed by atoms with Crippen LogP contribution in [0.15, 0.2) is 48.8 Å². The molecule has 26 heavy (non-hydrogen) atoms. The highest BCUT2D eigenvalue weighted by Crippen LogP contribution is 2.29. The lowest BCUT2D eigenvalue weighted by Crippen LogP contribution is -2.08. The molecule has 0 spiro atoms. The van der Waals surface area contributed by atoms with E-state index in [9.17, 15) is 5.11 Å². The van der Waals surface area contributed by atoms with Crippen LogP contribution in [0.4, 0.5) is 17.5 Å². The van der Waals surface area contributed by atoms with Gasteiger partial charge in [-0.05, 0) is 30.7 Å². The van der Waals surface area contributed by atoms with Crippen LogP contribution in [0.2, 0.25) is 5.02 Å². The number of hydrogen-bond acceptors (Lipinski definition) is 7. The fourth-order valence-electron chi connectivity index (χ4n) is 2.28. The summed E-state index contributed by atoms with van der Waals surface area (Å²) in [6, 6.07) is 10.2. The number of benzene rings is 1. The molecule has 1 aromatic carbocycles. The van der Waals surface area contributed by atoms with Gasteiger partial charge in [0.05, 0.1) is 16.4 Å². The van der Waals surface area contributed by atoms with Crippen molar-refractivity contribution in [2.75, 3.05) is 23.8 Å². The SMILES string of the molecule is OCCCNc1nc(Nc2ccc(O)cc2Cl)cc(-c2ccncc2)n1. The molecular weight excluding hydrogens is 354 g/mol. The molecule has 0 saturated carbocycles. The third-order valence-corrected chi connectivity index (χ3v) is 3.85. The molecule has 0 atom stereocenters. The smallest absolute Gasteiger partial charge is 0.225 e. The van der Waals surface area contributed by atoms with Crippen LogP contribution in [0.1, 0.15) is 6.42 Å². The normalized spacial score (nSPS) is 10.5. The molecule has 0 amide bonds. The molecule has 0 aliphatic heterocycles. The van der Waals surface area contributed by atoms with Crippen molar-refractivity contribution in [3.63, 3.8) is 0 Å². The van der Waals surface area contributed by atoms with Crippen molar-refractivity contribution in [1.82, 2.24) is 15.0 Å². The molecule has 4 N–H and O–H groups in total. The highest BCUT2D eigenvalue weighted by molar-refractivity contribution is 6.33.